The Kier molecular flexibility index (Phi) is 4.34. The fraction of sp³-hybridized carbons (Fsp3) is 0.538. The predicted molar refractivity (Wildman–Crippen MR) is 63.3 cm³/mol. The molecule has 3 nitrogen and oxygen atoms in total. The number of aliphatic hydroxyl groups is 1. The van der Waals surface area contributed by atoms with Gasteiger partial charge >= 0.3 is 0 Å². The van der Waals surface area contributed by atoms with Crippen LogP contribution in [0.25, 0.3) is 0 Å². The summed E-state index contributed by atoms with van der Waals surface area (Å²) in [5, 5.41) is 9.99. The number of hydrogen-bond acceptors (Lipinski definition) is 3. The van der Waals surface area contributed by atoms with Gasteiger partial charge < -0.3 is 9.84 Å². The number of hydrogen-bond donors (Lipinski definition) is 1. The number of nitrogens with zero attached hydrogens (tertiary/aromatic N) is 1. The van der Waals surface area contributed by atoms with Crippen LogP contribution in [0.4, 0.5) is 0 Å². The molecule has 0 amide bonds. The molecule has 1 saturated heterocycles. The van der Waals surface area contributed by atoms with E-state index in [1.54, 1.807) is 0 Å². The van der Waals surface area contributed by atoms with Gasteiger partial charge in [-0.1, -0.05) is 30.3 Å². The third-order valence-corrected chi connectivity index (χ3v) is 3.01. The van der Waals surface area contributed by atoms with Gasteiger partial charge in [0.15, 0.2) is 0 Å². The second kappa shape index (κ2) is 5.99. The molecule has 0 saturated carbocycles. The molecule has 0 unspecified atom stereocenters. The monoisotopic (exact) mass is 221 g/mol. The average Bonchev–Trinajstić information content (AvgIpc) is 2.38. The first kappa shape index (κ1) is 11.6. The molecule has 0 spiro atoms. The van der Waals surface area contributed by atoms with Crippen molar-refractivity contribution in [3.63, 3.8) is 0 Å². The van der Waals surface area contributed by atoms with Crippen LogP contribution in [-0.4, -0.2) is 42.9 Å². The molecule has 0 radical (unpaired) electrons. The molecule has 0 aliphatic carbocycles. The molecular formula is C13H19NO2. The van der Waals surface area contributed by atoms with Crippen molar-refractivity contribution in [3.8, 4) is 0 Å². The van der Waals surface area contributed by atoms with Gasteiger partial charge in [0.25, 0.3) is 0 Å². The van der Waals surface area contributed by atoms with E-state index in [-0.39, 0.29) is 6.10 Å². The first-order valence-corrected chi connectivity index (χ1v) is 5.89. The summed E-state index contributed by atoms with van der Waals surface area (Å²) in [5.41, 5.74) is 1.01. The van der Waals surface area contributed by atoms with Crippen molar-refractivity contribution in [2.75, 3.05) is 32.8 Å². The number of morpholine rings is 1. The van der Waals surface area contributed by atoms with Crippen molar-refractivity contribution >= 4 is 0 Å². The number of rotatable bonds is 4. The van der Waals surface area contributed by atoms with Crippen molar-refractivity contribution in [2.45, 2.75) is 12.5 Å². The highest BCUT2D eigenvalue weighted by Gasteiger charge is 2.13. The minimum absolute atomic E-state index is 0.343. The largest absolute Gasteiger partial charge is 0.388 e. The van der Waals surface area contributed by atoms with Crippen molar-refractivity contribution in [3.05, 3.63) is 35.9 Å². The second-order valence-corrected chi connectivity index (χ2v) is 4.17. The number of aliphatic hydroxyl groups excluding tert-OH is 1. The Bertz CT molecular complexity index is 296. The summed E-state index contributed by atoms with van der Waals surface area (Å²) in [6.07, 6.45) is 0.452. The molecule has 1 heterocycles. The Morgan fingerprint density at radius 3 is 2.56 bits per heavy atom. The van der Waals surface area contributed by atoms with E-state index in [1.807, 2.05) is 30.3 Å². The van der Waals surface area contributed by atoms with E-state index in [0.29, 0.717) is 0 Å². The summed E-state index contributed by atoms with van der Waals surface area (Å²) in [7, 11) is 0. The zero-order valence-corrected chi connectivity index (χ0v) is 9.51. The van der Waals surface area contributed by atoms with Crippen LogP contribution < -0.4 is 0 Å². The normalized spacial score (nSPS) is 19.6. The minimum Gasteiger partial charge on any atom is -0.388 e. The number of ether oxygens (including phenoxy) is 1. The van der Waals surface area contributed by atoms with Crippen LogP contribution in [-0.2, 0) is 4.74 Å². The van der Waals surface area contributed by atoms with Crippen LogP contribution in [0, 0.1) is 0 Å². The van der Waals surface area contributed by atoms with Gasteiger partial charge in [-0.2, -0.15) is 0 Å². The summed E-state index contributed by atoms with van der Waals surface area (Å²) < 4.78 is 5.29. The molecular weight excluding hydrogens is 202 g/mol. The summed E-state index contributed by atoms with van der Waals surface area (Å²) in [6.45, 7) is 4.56. The maximum Gasteiger partial charge on any atom is 0.0802 e. The topological polar surface area (TPSA) is 32.7 Å². The van der Waals surface area contributed by atoms with Gasteiger partial charge in [-0.05, 0) is 12.0 Å². The lowest BCUT2D eigenvalue weighted by Gasteiger charge is -2.27. The molecule has 1 N–H and O–H groups in total. The second-order valence-electron chi connectivity index (χ2n) is 4.17. The minimum atomic E-state index is -0.343. The lowest BCUT2D eigenvalue weighted by Crippen LogP contribution is -2.37. The van der Waals surface area contributed by atoms with E-state index in [4.69, 9.17) is 4.74 Å². The van der Waals surface area contributed by atoms with Gasteiger partial charge in [0, 0.05) is 19.6 Å². The van der Waals surface area contributed by atoms with Crippen LogP contribution in [0.2, 0.25) is 0 Å². The molecule has 0 bridgehead atoms. The Morgan fingerprint density at radius 1 is 1.19 bits per heavy atom. The van der Waals surface area contributed by atoms with Crippen molar-refractivity contribution in [2.24, 2.45) is 0 Å². The van der Waals surface area contributed by atoms with Crippen LogP contribution in [0.3, 0.4) is 0 Å². The average molecular weight is 221 g/mol. The Hall–Kier alpha value is -0.900. The van der Waals surface area contributed by atoms with E-state index in [0.717, 1.165) is 44.8 Å². The van der Waals surface area contributed by atoms with E-state index in [1.165, 1.54) is 0 Å². The SMILES string of the molecule is O[C@@H](CCN1CCOCC1)c1ccccc1. The molecule has 16 heavy (non-hydrogen) atoms. The fourth-order valence-electron chi connectivity index (χ4n) is 1.97. The van der Waals surface area contributed by atoms with Crippen LogP contribution in [0.5, 0.6) is 0 Å². The summed E-state index contributed by atoms with van der Waals surface area (Å²) in [6, 6.07) is 9.85. The number of benzene rings is 1. The highest BCUT2D eigenvalue weighted by atomic mass is 16.5. The lowest BCUT2D eigenvalue weighted by atomic mass is 10.1. The maximum atomic E-state index is 9.99. The quantitative estimate of drug-likeness (QED) is 0.835. The first-order chi connectivity index (χ1) is 7.86. The highest BCUT2D eigenvalue weighted by Crippen LogP contribution is 2.16. The molecule has 1 aromatic carbocycles. The van der Waals surface area contributed by atoms with Gasteiger partial charge in [-0.3, -0.25) is 4.90 Å². The molecule has 1 aliphatic heterocycles. The van der Waals surface area contributed by atoms with E-state index in [2.05, 4.69) is 4.90 Å². The van der Waals surface area contributed by atoms with Gasteiger partial charge in [0.2, 0.25) is 0 Å². The summed E-state index contributed by atoms with van der Waals surface area (Å²) >= 11 is 0. The smallest absolute Gasteiger partial charge is 0.0802 e. The molecule has 2 rings (SSSR count). The van der Waals surface area contributed by atoms with Gasteiger partial charge in [-0.25, -0.2) is 0 Å². The summed E-state index contributed by atoms with van der Waals surface area (Å²) in [4.78, 5) is 2.34. The van der Waals surface area contributed by atoms with Crippen molar-refractivity contribution < 1.29 is 9.84 Å². The van der Waals surface area contributed by atoms with Gasteiger partial charge in [0.1, 0.15) is 0 Å². The molecule has 1 aliphatic rings. The standard InChI is InChI=1S/C13H19NO2/c15-13(12-4-2-1-3-5-12)6-7-14-8-10-16-11-9-14/h1-5,13,15H,6-11H2/t13-/m0/s1. The Balaban J connectivity index is 1.77. The Labute approximate surface area is 96.6 Å². The fourth-order valence-corrected chi connectivity index (χ4v) is 1.97. The lowest BCUT2D eigenvalue weighted by molar-refractivity contribution is 0.0300. The van der Waals surface area contributed by atoms with Gasteiger partial charge in [0.05, 0.1) is 19.3 Å². The zero-order valence-electron chi connectivity index (χ0n) is 9.51. The van der Waals surface area contributed by atoms with Crippen LogP contribution in [0.15, 0.2) is 30.3 Å². The van der Waals surface area contributed by atoms with Crippen LogP contribution >= 0.6 is 0 Å². The van der Waals surface area contributed by atoms with E-state index >= 15 is 0 Å². The zero-order chi connectivity index (χ0) is 11.2. The van der Waals surface area contributed by atoms with Gasteiger partial charge in [-0.15, -0.1) is 0 Å². The maximum absolute atomic E-state index is 9.99. The van der Waals surface area contributed by atoms with E-state index in [9.17, 15) is 5.11 Å². The Morgan fingerprint density at radius 2 is 1.88 bits per heavy atom. The van der Waals surface area contributed by atoms with Crippen molar-refractivity contribution in [1.82, 2.24) is 4.90 Å². The molecule has 3 heteroatoms. The predicted octanol–water partition coefficient (Wildman–Crippen LogP) is 1.44. The third kappa shape index (κ3) is 3.30. The molecule has 0 aromatic heterocycles. The van der Waals surface area contributed by atoms with E-state index < -0.39 is 0 Å². The summed E-state index contributed by atoms with van der Waals surface area (Å²) in [5.74, 6) is 0. The first-order valence-electron chi connectivity index (χ1n) is 5.89. The van der Waals surface area contributed by atoms with Crippen molar-refractivity contribution in [1.29, 1.82) is 0 Å². The highest BCUT2D eigenvalue weighted by molar-refractivity contribution is 5.17. The molecule has 1 aromatic rings. The molecule has 1 fully saturated rings. The third-order valence-electron chi connectivity index (χ3n) is 3.01. The molecule has 88 valence electrons. The molecule has 1 atom stereocenters. The van der Waals surface area contributed by atoms with Crippen LogP contribution in [0.1, 0.15) is 18.1 Å².